The van der Waals surface area contributed by atoms with Gasteiger partial charge >= 0.3 is 0 Å². The zero-order chi connectivity index (χ0) is 19.7. The van der Waals surface area contributed by atoms with E-state index in [4.69, 9.17) is 4.74 Å². The standard InChI is InChI=1S/C17H21N7O3/c1-6-11-10(3)18-17(20-14(11)25)24-13(7-9(2)21-24)19-15(26)12-8-23(4)22-16(12)27-5/h7-8H,6H2,1-5H3,(H,19,26)(H,18,20,25). The first-order valence-electron chi connectivity index (χ1n) is 8.39. The Morgan fingerprint density at radius 1 is 1.33 bits per heavy atom. The SMILES string of the molecule is CCc1c(C)nc(-n2nc(C)cc2NC(=O)c2cn(C)nc2OC)[nH]c1=O. The number of nitrogens with one attached hydrogen (secondary N) is 2. The van der Waals surface area contributed by atoms with Crippen LogP contribution in [0.5, 0.6) is 5.88 Å². The number of anilines is 1. The number of H-pyrrole nitrogens is 1. The second kappa shape index (κ2) is 7.06. The van der Waals surface area contributed by atoms with Gasteiger partial charge in [0.2, 0.25) is 11.8 Å². The van der Waals surface area contributed by atoms with Crippen molar-refractivity contribution in [2.24, 2.45) is 7.05 Å². The lowest BCUT2D eigenvalue weighted by atomic mass is 10.2. The highest BCUT2D eigenvalue weighted by atomic mass is 16.5. The van der Waals surface area contributed by atoms with Gasteiger partial charge in [0.05, 0.1) is 12.8 Å². The van der Waals surface area contributed by atoms with Crippen molar-refractivity contribution in [2.75, 3.05) is 12.4 Å². The molecule has 3 heterocycles. The molecule has 10 heteroatoms. The molecule has 0 spiro atoms. The van der Waals surface area contributed by atoms with Gasteiger partial charge in [0, 0.05) is 30.6 Å². The van der Waals surface area contributed by atoms with E-state index in [0.29, 0.717) is 29.2 Å². The lowest BCUT2D eigenvalue weighted by Gasteiger charge is -2.09. The van der Waals surface area contributed by atoms with Gasteiger partial charge in [-0.2, -0.15) is 9.78 Å². The molecule has 27 heavy (non-hydrogen) atoms. The molecule has 0 fully saturated rings. The van der Waals surface area contributed by atoms with Gasteiger partial charge in [-0.25, -0.2) is 4.98 Å². The third-order valence-electron chi connectivity index (χ3n) is 4.07. The number of carbonyl (C=O) groups excluding carboxylic acids is 1. The van der Waals surface area contributed by atoms with Crippen molar-refractivity contribution >= 4 is 11.7 Å². The van der Waals surface area contributed by atoms with Crippen LogP contribution in [0.1, 0.15) is 34.2 Å². The van der Waals surface area contributed by atoms with Gasteiger partial charge in [-0.1, -0.05) is 6.92 Å². The summed E-state index contributed by atoms with van der Waals surface area (Å²) >= 11 is 0. The van der Waals surface area contributed by atoms with Gasteiger partial charge in [0.1, 0.15) is 11.4 Å². The first-order valence-corrected chi connectivity index (χ1v) is 8.39. The van der Waals surface area contributed by atoms with Crippen LogP contribution in [0.4, 0.5) is 5.82 Å². The summed E-state index contributed by atoms with van der Waals surface area (Å²) in [5.74, 6) is 0.407. The van der Waals surface area contributed by atoms with Crippen molar-refractivity contribution in [1.29, 1.82) is 0 Å². The average molecular weight is 371 g/mol. The number of methoxy groups -OCH3 is 1. The van der Waals surface area contributed by atoms with Gasteiger partial charge in [0.25, 0.3) is 11.5 Å². The summed E-state index contributed by atoms with van der Waals surface area (Å²) in [5, 5.41) is 11.2. The Balaban J connectivity index is 2.00. The Morgan fingerprint density at radius 3 is 2.70 bits per heavy atom. The van der Waals surface area contributed by atoms with Crippen LogP contribution in [0.3, 0.4) is 0 Å². The minimum absolute atomic E-state index is 0.215. The van der Waals surface area contributed by atoms with Gasteiger partial charge in [-0.15, -0.1) is 5.10 Å². The first kappa shape index (κ1) is 18.4. The minimum atomic E-state index is -0.412. The maximum Gasteiger partial charge on any atom is 0.263 e. The Labute approximate surface area is 155 Å². The van der Waals surface area contributed by atoms with E-state index in [9.17, 15) is 9.59 Å². The van der Waals surface area contributed by atoms with E-state index in [-0.39, 0.29) is 23.0 Å². The topological polar surface area (TPSA) is 120 Å². The Kier molecular flexibility index (Phi) is 4.80. The van der Waals surface area contributed by atoms with Gasteiger partial charge in [0.15, 0.2) is 0 Å². The van der Waals surface area contributed by atoms with Gasteiger partial charge in [-0.05, 0) is 20.3 Å². The molecule has 3 aromatic heterocycles. The fourth-order valence-corrected chi connectivity index (χ4v) is 2.82. The molecule has 0 aromatic carbocycles. The summed E-state index contributed by atoms with van der Waals surface area (Å²) in [6.45, 7) is 5.44. The normalized spacial score (nSPS) is 10.9. The molecule has 0 aliphatic carbocycles. The second-order valence-corrected chi connectivity index (χ2v) is 6.07. The largest absolute Gasteiger partial charge is 0.479 e. The number of hydrogen-bond donors (Lipinski definition) is 2. The highest BCUT2D eigenvalue weighted by Crippen LogP contribution is 2.19. The number of amides is 1. The number of rotatable bonds is 5. The number of aryl methyl sites for hydroxylation is 3. The Bertz CT molecular complexity index is 1060. The summed E-state index contributed by atoms with van der Waals surface area (Å²) in [5.41, 5.74) is 1.95. The highest BCUT2D eigenvalue weighted by molar-refractivity contribution is 6.05. The molecule has 3 aromatic rings. The van der Waals surface area contributed by atoms with Crippen LogP contribution in [-0.4, -0.2) is 42.5 Å². The number of hydrogen-bond acceptors (Lipinski definition) is 6. The Hall–Kier alpha value is -3.43. The maximum absolute atomic E-state index is 12.7. The molecule has 0 saturated heterocycles. The summed E-state index contributed by atoms with van der Waals surface area (Å²) in [7, 11) is 3.14. The van der Waals surface area contributed by atoms with Crippen LogP contribution >= 0.6 is 0 Å². The molecular formula is C17H21N7O3. The van der Waals surface area contributed by atoms with Crippen molar-refractivity contribution in [3.63, 3.8) is 0 Å². The summed E-state index contributed by atoms with van der Waals surface area (Å²) < 4.78 is 8.01. The number of carbonyl (C=O) groups is 1. The Morgan fingerprint density at radius 2 is 2.07 bits per heavy atom. The van der Waals surface area contributed by atoms with Crippen LogP contribution in [0.2, 0.25) is 0 Å². The third kappa shape index (κ3) is 3.46. The molecule has 10 nitrogen and oxygen atoms in total. The van der Waals surface area contributed by atoms with Crippen molar-refractivity contribution in [3.05, 3.63) is 45.1 Å². The smallest absolute Gasteiger partial charge is 0.263 e. The van der Waals surface area contributed by atoms with Crippen LogP contribution in [0.25, 0.3) is 5.95 Å². The number of ether oxygens (including phenoxy) is 1. The molecule has 0 bridgehead atoms. The van der Waals surface area contributed by atoms with Gasteiger partial charge in [-0.3, -0.25) is 19.3 Å². The predicted molar refractivity (Wildman–Crippen MR) is 98.5 cm³/mol. The summed E-state index contributed by atoms with van der Waals surface area (Å²) in [4.78, 5) is 32.1. The van der Waals surface area contributed by atoms with Crippen molar-refractivity contribution in [2.45, 2.75) is 27.2 Å². The maximum atomic E-state index is 12.7. The molecule has 1 amide bonds. The average Bonchev–Trinajstić information content (AvgIpc) is 3.16. The molecule has 2 N–H and O–H groups in total. The van der Waals surface area contributed by atoms with E-state index in [1.54, 1.807) is 33.2 Å². The van der Waals surface area contributed by atoms with Crippen molar-refractivity contribution in [3.8, 4) is 11.8 Å². The predicted octanol–water partition coefficient (Wildman–Crippen LogP) is 1.13. The van der Waals surface area contributed by atoms with Crippen LogP contribution in [-0.2, 0) is 13.5 Å². The highest BCUT2D eigenvalue weighted by Gasteiger charge is 2.20. The first-order chi connectivity index (χ1) is 12.8. The molecule has 0 saturated carbocycles. The number of nitrogens with zero attached hydrogens (tertiary/aromatic N) is 5. The molecule has 3 rings (SSSR count). The van der Waals surface area contributed by atoms with E-state index in [1.165, 1.54) is 16.5 Å². The zero-order valence-electron chi connectivity index (χ0n) is 15.8. The van der Waals surface area contributed by atoms with Crippen LogP contribution in [0, 0.1) is 13.8 Å². The molecule has 0 unspecified atom stereocenters. The fourth-order valence-electron chi connectivity index (χ4n) is 2.82. The van der Waals surface area contributed by atoms with Crippen molar-refractivity contribution < 1.29 is 9.53 Å². The lowest BCUT2D eigenvalue weighted by Crippen LogP contribution is -2.22. The minimum Gasteiger partial charge on any atom is -0.479 e. The molecule has 0 aliphatic rings. The van der Waals surface area contributed by atoms with E-state index >= 15 is 0 Å². The van der Waals surface area contributed by atoms with Crippen molar-refractivity contribution in [1.82, 2.24) is 29.5 Å². The summed E-state index contributed by atoms with van der Waals surface area (Å²) in [6.07, 6.45) is 2.14. The molecule has 0 atom stereocenters. The fraction of sp³-hybridized carbons (Fsp3) is 0.353. The quantitative estimate of drug-likeness (QED) is 0.694. The molecule has 0 radical (unpaired) electrons. The zero-order valence-corrected chi connectivity index (χ0v) is 15.8. The second-order valence-electron chi connectivity index (χ2n) is 6.07. The lowest BCUT2D eigenvalue weighted by molar-refractivity contribution is 0.102. The van der Waals surface area contributed by atoms with E-state index in [0.717, 1.165) is 0 Å². The third-order valence-corrected chi connectivity index (χ3v) is 4.07. The monoisotopic (exact) mass is 371 g/mol. The van der Waals surface area contributed by atoms with Crippen LogP contribution < -0.4 is 15.6 Å². The number of aromatic amines is 1. The molecular weight excluding hydrogens is 350 g/mol. The van der Waals surface area contributed by atoms with E-state index < -0.39 is 5.91 Å². The molecule has 0 aliphatic heterocycles. The molecule has 142 valence electrons. The van der Waals surface area contributed by atoms with E-state index in [1.807, 2.05) is 6.92 Å². The van der Waals surface area contributed by atoms with Crippen LogP contribution in [0.15, 0.2) is 17.1 Å². The van der Waals surface area contributed by atoms with E-state index in [2.05, 4.69) is 25.5 Å². The summed E-state index contributed by atoms with van der Waals surface area (Å²) in [6, 6.07) is 1.68. The number of aromatic nitrogens is 6. The van der Waals surface area contributed by atoms with Gasteiger partial charge < -0.3 is 10.1 Å².